The summed E-state index contributed by atoms with van der Waals surface area (Å²) in [5.41, 5.74) is -1.27. The number of nitrogens with one attached hydrogen (secondary N) is 1. The van der Waals surface area contributed by atoms with Gasteiger partial charge in [0.2, 0.25) is 0 Å². The average Bonchev–Trinajstić information content (AvgIpc) is 2.41. The highest BCUT2D eigenvalue weighted by molar-refractivity contribution is 7.91. The van der Waals surface area contributed by atoms with Crippen LogP contribution in [0.15, 0.2) is 0 Å². The Labute approximate surface area is 97.7 Å². The molecule has 0 radical (unpaired) electrons. The largest absolute Gasteiger partial charge is 0.317 e. The summed E-state index contributed by atoms with van der Waals surface area (Å²) < 4.78 is 37.3. The Kier molecular flexibility index (Phi) is 5.18. The van der Waals surface area contributed by atoms with Gasteiger partial charge >= 0.3 is 0 Å². The van der Waals surface area contributed by atoms with Crippen molar-refractivity contribution in [3.8, 4) is 0 Å². The van der Waals surface area contributed by atoms with Gasteiger partial charge in [-0.25, -0.2) is 12.8 Å². The first-order valence-corrected chi connectivity index (χ1v) is 7.90. The first kappa shape index (κ1) is 13.9. The van der Waals surface area contributed by atoms with Gasteiger partial charge in [0.15, 0.2) is 0 Å². The number of hydrogen-bond acceptors (Lipinski definition) is 3. The molecule has 96 valence electrons. The Morgan fingerprint density at radius 2 is 2.00 bits per heavy atom. The van der Waals surface area contributed by atoms with Gasteiger partial charge in [-0.3, -0.25) is 0 Å². The molecule has 1 unspecified atom stereocenters. The summed E-state index contributed by atoms with van der Waals surface area (Å²) in [7, 11) is -3.04. The second-order valence-electron chi connectivity index (χ2n) is 4.66. The van der Waals surface area contributed by atoms with Crippen molar-refractivity contribution >= 4 is 9.84 Å². The minimum absolute atomic E-state index is 0.00264. The predicted octanol–water partition coefficient (Wildman–Crippen LogP) is 1.68. The van der Waals surface area contributed by atoms with E-state index in [0.29, 0.717) is 25.8 Å². The van der Waals surface area contributed by atoms with Gasteiger partial charge in [0.25, 0.3) is 0 Å². The molecule has 16 heavy (non-hydrogen) atoms. The Morgan fingerprint density at radius 3 is 2.69 bits per heavy atom. The fourth-order valence-corrected chi connectivity index (χ4v) is 3.60. The Hall–Kier alpha value is -0.160. The van der Waals surface area contributed by atoms with Crippen LogP contribution in [0.5, 0.6) is 0 Å². The molecule has 0 saturated carbocycles. The van der Waals surface area contributed by atoms with Crippen LogP contribution < -0.4 is 5.32 Å². The standard InChI is InChI=1S/C11H22FNO2S/c1-2-9-16(14,15)10-6-11(12)4-3-7-13-8-5-11/h13H,2-10H2,1H3. The van der Waals surface area contributed by atoms with Crippen molar-refractivity contribution < 1.29 is 12.8 Å². The minimum atomic E-state index is -3.04. The molecule has 1 rings (SSSR count). The van der Waals surface area contributed by atoms with Crippen molar-refractivity contribution in [2.24, 2.45) is 0 Å². The van der Waals surface area contributed by atoms with Gasteiger partial charge in [0.05, 0.1) is 5.75 Å². The van der Waals surface area contributed by atoms with E-state index in [9.17, 15) is 12.8 Å². The van der Waals surface area contributed by atoms with Crippen LogP contribution >= 0.6 is 0 Å². The van der Waals surface area contributed by atoms with Gasteiger partial charge in [-0.15, -0.1) is 0 Å². The zero-order chi connectivity index (χ0) is 12.1. The van der Waals surface area contributed by atoms with Gasteiger partial charge in [-0.05, 0) is 45.2 Å². The van der Waals surface area contributed by atoms with Gasteiger partial charge < -0.3 is 5.32 Å². The van der Waals surface area contributed by atoms with E-state index in [1.165, 1.54) is 0 Å². The highest BCUT2D eigenvalue weighted by Crippen LogP contribution is 2.28. The summed E-state index contributed by atoms with van der Waals surface area (Å²) in [5, 5.41) is 3.14. The van der Waals surface area contributed by atoms with E-state index < -0.39 is 15.5 Å². The maximum Gasteiger partial charge on any atom is 0.150 e. The van der Waals surface area contributed by atoms with Crippen LogP contribution in [0.3, 0.4) is 0 Å². The second-order valence-corrected chi connectivity index (χ2v) is 6.96. The molecule has 0 amide bonds. The quantitative estimate of drug-likeness (QED) is 0.808. The molecule has 0 bridgehead atoms. The third-order valence-corrected chi connectivity index (χ3v) is 4.96. The summed E-state index contributed by atoms with van der Waals surface area (Å²) >= 11 is 0. The lowest BCUT2D eigenvalue weighted by molar-refractivity contribution is 0.140. The fraction of sp³-hybridized carbons (Fsp3) is 1.00. The van der Waals surface area contributed by atoms with Crippen molar-refractivity contribution in [2.75, 3.05) is 24.6 Å². The van der Waals surface area contributed by atoms with Gasteiger partial charge in [-0.2, -0.15) is 0 Å². The third-order valence-electron chi connectivity index (χ3n) is 3.10. The molecule has 1 heterocycles. The number of alkyl halides is 1. The molecule has 1 fully saturated rings. The molecule has 0 aromatic rings. The zero-order valence-electron chi connectivity index (χ0n) is 9.97. The number of rotatable bonds is 5. The Morgan fingerprint density at radius 1 is 1.25 bits per heavy atom. The van der Waals surface area contributed by atoms with Crippen LogP contribution in [-0.2, 0) is 9.84 Å². The number of halogens is 1. The third kappa shape index (κ3) is 4.78. The molecule has 0 spiro atoms. The molecule has 1 aliphatic rings. The Balaban J connectivity index is 2.46. The lowest BCUT2D eigenvalue weighted by Gasteiger charge is -2.22. The van der Waals surface area contributed by atoms with Crippen molar-refractivity contribution in [2.45, 2.75) is 44.7 Å². The van der Waals surface area contributed by atoms with E-state index in [-0.39, 0.29) is 17.9 Å². The molecule has 0 aromatic carbocycles. The smallest absolute Gasteiger partial charge is 0.150 e. The number of sulfone groups is 1. The van der Waals surface area contributed by atoms with Crippen LogP contribution in [0, 0.1) is 0 Å². The molecule has 3 nitrogen and oxygen atoms in total. The monoisotopic (exact) mass is 251 g/mol. The first-order valence-electron chi connectivity index (χ1n) is 6.07. The van der Waals surface area contributed by atoms with E-state index in [0.717, 1.165) is 13.0 Å². The van der Waals surface area contributed by atoms with Crippen molar-refractivity contribution in [3.63, 3.8) is 0 Å². The fourth-order valence-electron chi connectivity index (χ4n) is 2.09. The van der Waals surface area contributed by atoms with Crippen molar-refractivity contribution in [1.82, 2.24) is 5.32 Å². The predicted molar refractivity (Wildman–Crippen MR) is 64.1 cm³/mol. The summed E-state index contributed by atoms with van der Waals surface area (Å²) in [6.07, 6.45) is 2.50. The van der Waals surface area contributed by atoms with Crippen LogP contribution in [0.2, 0.25) is 0 Å². The van der Waals surface area contributed by atoms with Gasteiger partial charge in [0.1, 0.15) is 15.5 Å². The summed E-state index contributed by atoms with van der Waals surface area (Å²) in [4.78, 5) is 0. The summed E-state index contributed by atoms with van der Waals surface area (Å²) in [6.45, 7) is 3.33. The molecule has 1 aliphatic heterocycles. The molecule has 0 aliphatic carbocycles. The van der Waals surface area contributed by atoms with Crippen molar-refractivity contribution in [3.05, 3.63) is 0 Å². The van der Waals surface area contributed by atoms with E-state index >= 15 is 0 Å². The lowest BCUT2D eigenvalue weighted by Crippen LogP contribution is -2.28. The van der Waals surface area contributed by atoms with E-state index in [4.69, 9.17) is 0 Å². The SMILES string of the molecule is CCCS(=O)(=O)CCC1(F)CCCNCC1. The van der Waals surface area contributed by atoms with Gasteiger partial charge in [0, 0.05) is 5.75 Å². The zero-order valence-corrected chi connectivity index (χ0v) is 10.8. The summed E-state index contributed by atoms with van der Waals surface area (Å²) in [6, 6.07) is 0. The first-order chi connectivity index (χ1) is 7.47. The van der Waals surface area contributed by atoms with Crippen LogP contribution in [-0.4, -0.2) is 38.7 Å². The summed E-state index contributed by atoms with van der Waals surface area (Å²) in [5.74, 6) is 0.179. The molecular formula is C11H22FNO2S. The molecule has 0 aromatic heterocycles. The van der Waals surface area contributed by atoms with E-state index in [1.807, 2.05) is 6.92 Å². The molecule has 1 atom stereocenters. The minimum Gasteiger partial charge on any atom is -0.317 e. The highest BCUT2D eigenvalue weighted by atomic mass is 32.2. The topological polar surface area (TPSA) is 46.2 Å². The highest BCUT2D eigenvalue weighted by Gasteiger charge is 2.31. The molecule has 1 N–H and O–H groups in total. The maximum atomic E-state index is 14.3. The van der Waals surface area contributed by atoms with Gasteiger partial charge in [-0.1, -0.05) is 6.92 Å². The second kappa shape index (κ2) is 5.96. The van der Waals surface area contributed by atoms with Crippen LogP contribution in [0.4, 0.5) is 4.39 Å². The maximum absolute atomic E-state index is 14.3. The Bertz CT molecular complexity index is 295. The van der Waals surface area contributed by atoms with Crippen LogP contribution in [0.25, 0.3) is 0 Å². The van der Waals surface area contributed by atoms with Crippen LogP contribution in [0.1, 0.15) is 39.0 Å². The molecule has 1 saturated heterocycles. The molecule has 5 heteroatoms. The van der Waals surface area contributed by atoms with E-state index in [2.05, 4.69) is 5.32 Å². The normalized spacial score (nSPS) is 27.6. The average molecular weight is 251 g/mol. The van der Waals surface area contributed by atoms with E-state index in [1.54, 1.807) is 0 Å². The lowest BCUT2D eigenvalue weighted by atomic mass is 9.94. The number of hydrogen-bond donors (Lipinski definition) is 1. The van der Waals surface area contributed by atoms with Crippen molar-refractivity contribution in [1.29, 1.82) is 0 Å². The molecular weight excluding hydrogens is 229 g/mol.